The Morgan fingerprint density at radius 2 is 2.14 bits per heavy atom. The van der Waals surface area contributed by atoms with Gasteiger partial charge < -0.3 is 4.74 Å². The topological polar surface area (TPSA) is 14.2 Å². The fraction of sp³-hybridized carbons (Fsp3) is 0.273. The zero-order valence-electron chi connectivity index (χ0n) is 7.66. The maximum absolute atomic E-state index is 5.46. The van der Waals surface area contributed by atoms with E-state index in [9.17, 15) is 0 Å². The molecule has 0 saturated carbocycles. The summed E-state index contributed by atoms with van der Waals surface area (Å²) in [6.07, 6.45) is 1.02. The first kappa shape index (κ1) is 8.50. The predicted octanol–water partition coefficient (Wildman–Crippen LogP) is 2.87. The Labute approximate surface area is 90.8 Å². The summed E-state index contributed by atoms with van der Waals surface area (Å²) < 4.78 is 7.52. The SMILES string of the molecule is Brn1c2c(c3ccccc31)CCOC2. The fourth-order valence-corrected chi connectivity index (χ4v) is 2.71. The van der Waals surface area contributed by atoms with Crippen LogP contribution in [0.3, 0.4) is 0 Å². The van der Waals surface area contributed by atoms with Gasteiger partial charge >= 0.3 is 0 Å². The first-order valence-corrected chi connectivity index (χ1v) is 5.44. The highest BCUT2D eigenvalue weighted by Gasteiger charge is 2.18. The van der Waals surface area contributed by atoms with Gasteiger partial charge in [-0.2, -0.15) is 0 Å². The summed E-state index contributed by atoms with van der Waals surface area (Å²) in [6.45, 7) is 1.56. The van der Waals surface area contributed by atoms with E-state index in [2.05, 4.69) is 44.0 Å². The highest BCUT2D eigenvalue weighted by molar-refractivity contribution is 9.08. The van der Waals surface area contributed by atoms with Crippen molar-refractivity contribution < 1.29 is 4.74 Å². The smallest absolute Gasteiger partial charge is 0.0880 e. The van der Waals surface area contributed by atoms with Gasteiger partial charge in [0, 0.05) is 5.39 Å². The molecule has 3 rings (SSSR count). The number of rotatable bonds is 0. The minimum Gasteiger partial charge on any atom is -0.375 e. The number of nitrogens with zero attached hydrogens (tertiary/aromatic N) is 1. The standard InChI is InChI=1S/C11H10BrNO/c12-13-10-4-2-1-3-8(10)9-5-6-14-7-11(9)13/h1-4H,5-7H2. The van der Waals surface area contributed by atoms with Crippen LogP contribution < -0.4 is 0 Å². The van der Waals surface area contributed by atoms with Crippen LogP contribution in [0.5, 0.6) is 0 Å². The lowest BCUT2D eigenvalue weighted by Crippen LogP contribution is -2.09. The van der Waals surface area contributed by atoms with Gasteiger partial charge in [0.05, 0.1) is 40.6 Å². The average Bonchev–Trinajstić information content (AvgIpc) is 2.55. The lowest BCUT2D eigenvalue weighted by molar-refractivity contribution is 0.108. The van der Waals surface area contributed by atoms with Crippen LogP contribution in [0.15, 0.2) is 24.3 Å². The highest BCUT2D eigenvalue weighted by atomic mass is 79.9. The zero-order valence-corrected chi connectivity index (χ0v) is 9.25. The number of halogens is 1. The molecule has 0 amide bonds. The molecule has 14 heavy (non-hydrogen) atoms. The van der Waals surface area contributed by atoms with Crippen LogP contribution >= 0.6 is 16.1 Å². The second-order valence-electron chi connectivity index (χ2n) is 3.53. The minimum absolute atomic E-state index is 0.718. The molecule has 72 valence electrons. The van der Waals surface area contributed by atoms with Crippen LogP contribution in [-0.2, 0) is 17.8 Å². The molecule has 0 aliphatic carbocycles. The van der Waals surface area contributed by atoms with Crippen molar-refractivity contribution in [2.45, 2.75) is 13.0 Å². The van der Waals surface area contributed by atoms with Crippen molar-refractivity contribution in [2.75, 3.05) is 6.61 Å². The van der Waals surface area contributed by atoms with Crippen molar-refractivity contribution in [3.63, 3.8) is 0 Å². The maximum Gasteiger partial charge on any atom is 0.0880 e. The number of hydrogen-bond acceptors (Lipinski definition) is 1. The Balaban J connectivity index is 2.41. The summed E-state index contributed by atoms with van der Waals surface area (Å²) in [6, 6.07) is 8.46. The van der Waals surface area contributed by atoms with Crippen LogP contribution in [-0.4, -0.2) is 10.2 Å². The third-order valence-corrected chi connectivity index (χ3v) is 3.57. The van der Waals surface area contributed by atoms with Crippen molar-refractivity contribution in [1.82, 2.24) is 3.59 Å². The van der Waals surface area contributed by atoms with Gasteiger partial charge in [0.15, 0.2) is 0 Å². The number of para-hydroxylation sites is 1. The van der Waals surface area contributed by atoms with Crippen LogP contribution in [0.25, 0.3) is 10.9 Å². The molecule has 1 aromatic carbocycles. The van der Waals surface area contributed by atoms with E-state index in [4.69, 9.17) is 4.74 Å². The Kier molecular flexibility index (Phi) is 1.89. The maximum atomic E-state index is 5.46. The molecule has 2 nitrogen and oxygen atoms in total. The molecule has 0 N–H and O–H groups in total. The molecular weight excluding hydrogens is 242 g/mol. The first-order chi connectivity index (χ1) is 6.88. The van der Waals surface area contributed by atoms with Gasteiger partial charge in [-0.15, -0.1) is 0 Å². The molecule has 0 unspecified atom stereocenters. The van der Waals surface area contributed by atoms with Crippen LogP contribution in [0.4, 0.5) is 0 Å². The second kappa shape index (κ2) is 3.11. The van der Waals surface area contributed by atoms with Crippen LogP contribution in [0.1, 0.15) is 11.3 Å². The third-order valence-electron chi connectivity index (χ3n) is 2.76. The second-order valence-corrected chi connectivity index (χ2v) is 4.24. The fourth-order valence-electron chi connectivity index (χ4n) is 2.09. The molecule has 2 aromatic rings. The van der Waals surface area contributed by atoms with Gasteiger partial charge in [0.1, 0.15) is 0 Å². The zero-order chi connectivity index (χ0) is 9.54. The van der Waals surface area contributed by atoms with Gasteiger partial charge in [-0.1, -0.05) is 18.2 Å². The predicted molar refractivity (Wildman–Crippen MR) is 59.6 cm³/mol. The van der Waals surface area contributed by atoms with Crippen molar-refractivity contribution >= 4 is 27.1 Å². The summed E-state index contributed by atoms with van der Waals surface area (Å²) in [5.74, 6) is 0. The highest BCUT2D eigenvalue weighted by Crippen LogP contribution is 2.30. The lowest BCUT2D eigenvalue weighted by atomic mass is 10.1. The van der Waals surface area contributed by atoms with E-state index >= 15 is 0 Å². The van der Waals surface area contributed by atoms with Gasteiger partial charge in [0.25, 0.3) is 0 Å². The molecule has 2 heterocycles. The van der Waals surface area contributed by atoms with E-state index in [1.54, 1.807) is 0 Å². The summed E-state index contributed by atoms with van der Waals surface area (Å²) >= 11 is 3.57. The van der Waals surface area contributed by atoms with E-state index in [1.165, 1.54) is 22.2 Å². The number of ether oxygens (including phenoxy) is 1. The molecule has 0 saturated heterocycles. The molecule has 1 aliphatic heterocycles. The third kappa shape index (κ3) is 1.06. The summed E-state index contributed by atoms with van der Waals surface area (Å²) in [7, 11) is 0. The quantitative estimate of drug-likeness (QED) is 0.703. The summed E-state index contributed by atoms with van der Waals surface area (Å²) in [5.41, 5.74) is 3.93. The average molecular weight is 252 g/mol. The lowest BCUT2D eigenvalue weighted by Gasteiger charge is -2.13. The normalized spacial score (nSPS) is 15.8. The summed E-state index contributed by atoms with van der Waals surface area (Å²) in [4.78, 5) is 0. The monoisotopic (exact) mass is 251 g/mol. The Hall–Kier alpha value is -0.800. The van der Waals surface area contributed by atoms with Gasteiger partial charge in [-0.05, 0) is 18.1 Å². The molecule has 0 fully saturated rings. The van der Waals surface area contributed by atoms with Crippen molar-refractivity contribution in [3.05, 3.63) is 35.5 Å². The molecule has 1 aliphatic rings. The number of hydrogen-bond donors (Lipinski definition) is 0. The molecule has 0 radical (unpaired) electrons. The van der Waals surface area contributed by atoms with Gasteiger partial charge in [0.2, 0.25) is 0 Å². The van der Waals surface area contributed by atoms with E-state index in [0.717, 1.165) is 19.6 Å². The summed E-state index contributed by atoms with van der Waals surface area (Å²) in [5, 5.41) is 1.35. The van der Waals surface area contributed by atoms with E-state index in [-0.39, 0.29) is 0 Å². The molecule has 0 spiro atoms. The Morgan fingerprint density at radius 3 is 3.07 bits per heavy atom. The van der Waals surface area contributed by atoms with E-state index in [1.807, 2.05) is 0 Å². The minimum atomic E-state index is 0.718. The Bertz CT molecular complexity index is 489. The largest absolute Gasteiger partial charge is 0.375 e. The van der Waals surface area contributed by atoms with E-state index in [0.29, 0.717) is 0 Å². The number of benzene rings is 1. The van der Waals surface area contributed by atoms with Crippen molar-refractivity contribution in [1.29, 1.82) is 0 Å². The van der Waals surface area contributed by atoms with Crippen molar-refractivity contribution in [3.8, 4) is 0 Å². The van der Waals surface area contributed by atoms with Gasteiger partial charge in [-0.25, -0.2) is 0 Å². The number of aromatic nitrogens is 1. The molecule has 3 heteroatoms. The molecule has 0 atom stereocenters. The van der Waals surface area contributed by atoms with E-state index < -0.39 is 0 Å². The molecule has 1 aromatic heterocycles. The van der Waals surface area contributed by atoms with Crippen LogP contribution in [0, 0.1) is 0 Å². The van der Waals surface area contributed by atoms with Crippen molar-refractivity contribution in [2.24, 2.45) is 0 Å². The Morgan fingerprint density at radius 1 is 1.29 bits per heavy atom. The van der Waals surface area contributed by atoms with Gasteiger partial charge in [-0.3, -0.25) is 3.59 Å². The van der Waals surface area contributed by atoms with Crippen LogP contribution in [0.2, 0.25) is 0 Å². The molecular formula is C11H10BrNO. The number of fused-ring (bicyclic) bond motifs is 3. The first-order valence-electron chi connectivity index (χ1n) is 4.73. The molecule has 0 bridgehead atoms.